The van der Waals surface area contributed by atoms with E-state index in [1.54, 1.807) is 25.1 Å². The SMILES string of the molecule is Cc1ccc(-n2cccc/c2=N\C(=O)C(F)(F)F)cn1. The third-order valence-corrected chi connectivity index (χ3v) is 2.47. The van der Waals surface area contributed by atoms with Crippen LogP contribution >= 0.6 is 0 Å². The van der Waals surface area contributed by atoms with Gasteiger partial charge in [-0.3, -0.25) is 9.78 Å². The Kier molecular flexibility index (Phi) is 3.69. The maximum Gasteiger partial charge on any atom is 0.473 e. The van der Waals surface area contributed by atoms with Gasteiger partial charge in [0.25, 0.3) is 0 Å². The highest BCUT2D eigenvalue weighted by Gasteiger charge is 2.38. The number of aromatic nitrogens is 2. The molecular formula is C13H10F3N3O. The Labute approximate surface area is 112 Å². The van der Waals surface area contributed by atoms with Crippen molar-refractivity contribution >= 4 is 5.91 Å². The highest BCUT2D eigenvalue weighted by atomic mass is 19.4. The smallest absolute Gasteiger partial charge is 0.300 e. The van der Waals surface area contributed by atoms with E-state index in [-0.39, 0.29) is 5.49 Å². The lowest BCUT2D eigenvalue weighted by molar-refractivity contribution is -0.169. The topological polar surface area (TPSA) is 47.2 Å². The number of rotatable bonds is 1. The second kappa shape index (κ2) is 5.28. The maximum absolute atomic E-state index is 12.3. The molecule has 0 spiro atoms. The Hall–Kier alpha value is -2.44. The average Bonchev–Trinajstić information content (AvgIpc) is 2.39. The molecule has 20 heavy (non-hydrogen) atoms. The molecule has 2 rings (SSSR count). The summed E-state index contributed by atoms with van der Waals surface area (Å²) in [5.41, 5.74) is 1.18. The third-order valence-electron chi connectivity index (χ3n) is 2.47. The molecule has 0 bridgehead atoms. The van der Waals surface area contributed by atoms with Gasteiger partial charge in [-0.05, 0) is 31.2 Å². The van der Waals surface area contributed by atoms with E-state index in [0.29, 0.717) is 5.69 Å². The minimum atomic E-state index is -4.99. The summed E-state index contributed by atoms with van der Waals surface area (Å²) < 4.78 is 38.1. The first-order chi connectivity index (χ1) is 9.38. The normalized spacial score (nSPS) is 12.5. The predicted molar refractivity (Wildman–Crippen MR) is 64.9 cm³/mol. The Morgan fingerprint density at radius 3 is 2.60 bits per heavy atom. The summed E-state index contributed by atoms with van der Waals surface area (Å²) in [5, 5.41) is 0. The zero-order valence-corrected chi connectivity index (χ0v) is 10.4. The number of halogens is 3. The van der Waals surface area contributed by atoms with Gasteiger partial charge in [0, 0.05) is 11.9 Å². The van der Waals surface area contributed by atoms with E-state index >= 15 is 0 Å². The highest BCUT2D eigenvalue weighted by Crippen LogP contribution is 2.15. The number of alkyl halides is 3. The van der Waals surface area contributed by atoms with Crippen LogP contribution in [0.4, 0.5) is 13.2 Å². The highest BCUT2D eigenvalue weighted by molar-refractivity contribution is 5.82. The Morgan fingerprint density at radius 2 is 2.00 bits per heavy atom. The first kappa shape index (κ1) is 14.0. The van der Waals surface area contributed by atoms with Crippen LogP contribution in [0.2, 0.25) is 0 Å². The fourth-order valence-electron chi connectivity index (χ4n) is 1.51. The Morgan fingerprint density at radius 1 is 1.25 bits per heavy atom. The van der Waals surface area contributed by atoms with E-state index in [2.05, 4.69) is 9.98 Å². The van der Waals surface area contributed by atoms with Crippen molar-refractivity contribution in [3.8, 4) is 5.69 Å². The third kappa shape index (κ3) is 3.11. The number of aryl methyl sites for hydroxylation is 1. The van der Waals surface area contributed by atoms with Crippen LogP contribution < -0.4 is 5.49 Å². The van der Waals surface area contributed by atoms with Crippen LogP contribution in [-0.4, -0.2) is 21.6 Å². The number of carbonyl (C=O) groups excluding carboxylic acids is 1. The number of amides is 1. The van der Waals surface area contributed by atoms with Crippen molar-refractivity contribution in [2.75, 3.05) is 0 Å². The van der Waals surface area contributed by atoms with Crippen LogP contribution in [0.15, 0.2) is 47.7 Å². The summed E-state index contributed by atoms with van der Waals surface area (Å²) in [4.78, 5) is 18.1. The molecule has 0 saturated heterocycles. The summed E-state index contributed by atoms with van der Waals surface area (Å²) in [6.07, 6.45) is -1.99. The lowest BCUT2D eigenvalue weighted by Gasteiger charge is -2.07. The number of hydrogen-bond acceptors (Lipinski definition) is 2. The molecule has 1 amide bonds. The summed E-state index contributed by atoms with van der Waals surface area (Å²) in [6.45, 7) is 1.79. The minimum Gasteiger partial charge on any atom is -0.300 e. The number of carbonyl (C=O) groups is 1. The largest absolute Gasteiger partial charge is 0.473 e. The minimum absolute atomic E-state index is 0.111. The van der Waals surface area contributed by atoms with Gasteiger partial charge >= 0.3 is 12.1 Å². The van der Waals surface area contributed by atoms with Gasteiger partial charge in [0.2, 0.25) is 0 Å². The second-order valence-electron chi connectivity index (χ2n) is 4.00. The lowest BCUT2D eigenvalue weighted by atomic mass is 10.3. The van der Waals surface area contributed by atoms with Gasteiger partial charge in [0.1, 0.15) is 5.49 Å². The van der Waals surface area contributed by atoms with E-state index in [4.69, 9.17) is 0 Å². The molecule has 104 valence electrons. The molecule has 0 saturated carbocycles. The fraction of sp³-hybridized carbons (Fsp3) is 0.154. The predicted octanol–water partition coefficient (Wildman–Crippen LogP) is 2.17. The van der Waals surface area contributed by atoms with Crippen LogP contribution in [0.25, 0.3) is 5.69 Å². The molecule has 0 N–H and O–H groups in total. The molecule has 0 unspecified atom stereocenters. The van der Waals surface area contributed by atoms with Crippen LogP contribution in [-0.2, 0) is 4.79 Å². The lowest BCUT2D eigenvalue weighted by Crippen LogP contribution is -2.27. The molecule has 2 aromatic heterocycles. The van der Waals surface area contributed by atoms with E-state index in [0.717, 1.165) is 5.69 Å². The molecule has 2 heterocycles. The average molecular weight is 281 g/mol. The summed E-state index contributed by atoms with van der Waals surface area (Å²) in [5.74, 6) is -2.14. The van der Waals surface area contributed by atoms with Crippen LogP contribution in [0.3, 0.4) is 0 Å². The first-order valence-electron chi connectivity index (χ1n) is 5.64. The van der Waals surface area contributed by atoms with Gasteiger partial charge in [-0.15, -0.1) is 0 Å². The van der Waals surface area contributed by atoms with E-state index < -0.39 is 12.1 Å². The fourth-order valence-corrected chi connectivity index (χ4v) is 1.51. The Bertz CT molecular complexity index is 687. The number of nitrogens with zero attached hydrogens (tertiary/aromatic N) is 3. The zero-order chi connectivity index (χ0) is 14.8. The quantitative estimate of drug-likeness (QED) is 0.804. The first-order valence-corrected chi connectivity index (χ1v) is 5.64. The van der Waals surface area contributed by atoms with E-state index in [1.807, 2.05) is 0 Å². The second-order valence-corrected chi connectivity index (χ2v) is 4.00. The van der Waals surface area contributed by atoms with Crippen LogP contribution in [0.5, 0.6) is 0 Å². The van der Waals surface area contributed by atoms with E-state index in [1.165, 1.54) is 29.1 Å². The molecule has 2 aromatic rings. The number of pyridine rings is 2. The molecule has 0 aliphatic heterocycles. The molecule has 0 aliphatic rings. The van der Waals surface area contributed by atoms with Crippen molar-refractivity contribution in [3.63, 3.8) is 0 Å². The molecule has 0 aliphatic carbocycles. The number of hydrogen-bond donors (Lipinski definition) is 0. The van der Waals surface area contributed by atoms with Crippen molar-refractivity contribution in [1.29, 1.82) is 0 Å². The van der Waals surface area contributed by atoms with Gasteiger partial charge in [0.05, 0.1) is 11.9 Å². The van der Waals surface area contributed by atoms with Crippen LogP contribution in [0.1, 0.15) is 5.69 Å². The molecule has 4 nitrogen and oxygen atoms in total. The summed E-state index contributed by atoms with van der Waals surface area (Å²) >= 11 is 0. The molecular weight excluding hydrogens is 271 g/mol. The van der Waals surface area contributed by atoms with Crippen molar-refractivity contribution in [1.82, 2.24) is 9.55 Å². The van der Waals surface area contributed by atoms with Gasteiger partial charge in [-0.1, -0.05) is 6.07 Å². The molecule has 0 atom stereocenters. The van der Waals surface area contributed by atoms with Gasteiger partial charge in [-0.2, -0.15) is 18.2 Å². The maximum atomic E-state index is 12.3. The van der Waals surface area contributed by atoms with E-state index in [9.17, 15) is 18.0 Å². The standard InChI is InChI=1S/C13H10F3N3O/c1-9-5-6-10(8-17-9)19-7-3-2-4-11(19)18-12(20)13(14,15)16/h2-8H,1H3/b18-11+. The molecule has 7 heteroatoms. The zero-order valence-electron chi connectivity index (χ0n) is 10.4. The van der Waals surface area contributed by atoms with Crippen molar-refractivity contribution in [2.45, 2.75) is 13.1 Å². The van der Waals surface area contributed by atoms with Gasteiger partial charge < -0.3 is 4.57 Å². The van der Waals surface area contributed by atoms with Gasteiger partial charge in [0.15, 0.2) is 0 Å². The van der Waals surface area contributed by atoms with Crippen molar-refractivity contribution in [3.05, 3.63) is 53.9 Å². The summed E-state index contributed by atoms with van der Waals surface area (Å²) in [6, 6.07) is 7.84. The van der Waals surface area contributed by atoms with Crippen LogP contribution in [0, 0.1) is 6.92 Å². The summed E-state index contributed by atoms with van der Waals surface area (Å²) in [7, 11) is 0. The monoisotopic (exact) mass is 281 g/mol. The molecule has 0 radical (unpaired) electrons. The van der Waals surface area contributed by atoms with Crippen molar-refractivity contribution < 1.29 is 18.0 Å². The molecule has 0 fully saturated rings. The molecule has 0 aromatic carbocycles. The van der Waals surface area contributed by atoms with Crippen molar-refractivity contribution in [2.24, 2.45) is 4.99 Å². The van der Waals surface area contributed by atoms with Gasteiger partial charge in [-0.25, -0.2) is 0 Å². The Balaban J connectivity index is 2.54.